The van der Waals surface area contributed by atoms with Gasteiger partial charge in [-0.25, -0.2) is 4.99 Å². The molecule has 13 heteroatoms. The molecule has 0 aromatic heterocycles. The molecule has 5 rings (SSSR count). The Balaban J connectivity index is 0.930. The Hall–Kier alpha value is -2.29. The molecule has 2 spiro atoms. The van der Waals surface area contributed by atoms with Crippen molar-refractivity contribution in [3.8, 4) is 0 Å². The van der Waals surface area contributed by atoms with E-state index in [1.54, 1.807) is 4.90 Å². The first-order valence-corrected chi connectivity index (χ1v) is 24.5. The summed E-state index contributed by atoms with van der Waals surface area (Å²) in [6, 6.07) is 0.0183. The number of hydrogen-bond acceptors (Lipinski definition) is 12. The van der Waals surface area contributed by atoms with Gasteiger partial charge in [-0.1, -0.05) is 103 Å². The van der Waals surface area contributed by atoms with Crippen LogP contribution in [0.15, 0.2) is 17.1 Å². The summed E-state index contributed by atoms with van der Waals surface area (Å²) < 4.78 is 19.4. The Morgan fingerprint density at radius 3 is 2.23 bits per heavy atom. The van der Waals surface area contributed by atoms with Crippen molar-refractivity contribution in [3.05, 3.63) is 12.2 Å². The number of unbranched alkanes of at least 4 members (excludes halogenated alkanes) is 14. The van der Waals surface area contributed by atoms with E-state index in [1.807, 2.05) is 11.8 Å². The summed E-state index contributed by atoms with van der Waals surface area (Å²) >= 11 is 0. The van der Waals surface area contributed by atoms with Crippen LogP contribution in [0, 0.1) is 5.92 Å². The second kappa shape index (κ2) is 24.5. The van der Waals surface area contributed by atoms with Gasteiger partial charge in [-0.05, 0) is 97.1 Å². The number of hydrogen-bond donors (Lipinski definition) is 5. The van der Waals surface area contributed by atoms with Gasteiger partial charge in [0, 0.05) is 32.0 Å². The van der Waals surface area contributed by atoms with Crippen molar-refractivity contribution in [2.45, 2.75) is 229 Å². The molecule has 1 amide bonds. The van der Waals surface area contributed by atoms with Gasteiger partial charge >= 0.3 is 5.97 Å². The third kappa shape index (κ3) is 13.4. The van der Waals surface area contributed by atoms with Gasteiger partial charge in [0.1, 0.15) is 5.72 Å². The van der Waals surface area contributed by atoms with E-state index < -0.39 is 29.2 Å². The SMILES string of the molecule is CC[C@H]1C=CCC[C@@]2(C[C@@H]3CC[C@]4(O)[C@H](C(=O)OCCCCCCCCCCCCCCCCCC(=O)N(CCCN)CC(O)CCN)[C@@]5(CCC[C@@H](C)O5)N=C(N2)N34)O1. The van der Waals surface area contributed by atoms with Crippen molar-refractivity contribution in [2.24, 2.45) is 22.4 Å². The summed E-state index contributed by atoms with van der Waals surface area (Å²) in [6.45, 7) is 6.45. The van der Waals surface area contributed by atoms with E-state index in [-0.39, 0.29) is 30.1 Å². The van der Waals surface area contributed by atoms with Crippen molar-refractivity contribution in [1.29, 1.82) is 0 Å². The predicted molar refractivity (Wildman–Crippen MR) is 237 cm³/mol. The monoisotopic (exact) mass is 845 g/mol. The highest BCUT2D eigenvalue weighted by Gasteiger charge is 2.69. The van der Waals surface area contributed by atoms with Crippen LogP contribution in [0.1, 0.15) is 187 Å². The fourth-order valence-corrected chi connectivity index (χ4v) is 10.6. The number of aliphatic imine (C=N–C) groups is 1. The number of aliphatic hydroxyl groups excluding tert-OH is 1. The number of carbonyl (C=O) groups is 2. The second-order valence-corrected chi connectivity index (χ2v) is 18.8. The molecule has 3 fully saturated rings. The van der Waals surface area contributed by atoms with Crippen molar-refractivity contribution in [3.63, 3.8) is 0 Å². The lowest BCUT2D eigenvalue weighted by molar-refractivity contribution is -0.243. The first-order chi connectivity index (χ1) is 29.1. The minimum atomic E-state index is -1.42. The quantitative estimate of drug-likeness (QED) is 0.0329. The van der Waals surface area contributed by atoms with Crippen LogP contribution >= 0.6 is 0 Å². The Morgan fingerprint density at radius 2 is 1.60 bits per heavy atom. The Bertz CT molecular complexity index is 1370. The molecule has 5 aliphatic rings. The zero-order valence-corrected chi connectivity index (χ0v) is 37.6. The van der Waals surface area contributed by atoms with Gasteiger partial charge in [0.15, 0.2) is 17.4 Å². The number of nitrogens with one attached hydrogen (secondary N) is 1. The lowest BCUT2D eigenvalue weighted by Gasteiger charge is -2.58. The predicted octanol–water partition coefficient (Wildman–Crippen LogP) is 6.92. The molecule has 0 bridgehead atoms. The van der Waals surface area contributed by atoms with Gasteiger partial charge in [-0.2, -0.15) is 0 Å². The van der Waals surface area contributed by atoms with Gasteiger partial charge in [0.05, 0.1) is 24.9 Å². The maximum atomic E-state index is 14.1. The average molecular weight is 845 g/mol. The molecule has 3 saturated heterocycles. The minimum Gasteiger partial charge on any atom is -0.465 e. The van der Waals surface area contributed by atoms with Crippen molar-refractivity contribution >= 4 is 17.8 Å². The molecule has 60 heavy (non-hydrogen) atoms. The maximum absolute atomic E-state index is 14.1. The number of nitrogens with two attached hydrogens (primary N) is 2. The molecule has 5 heterocycles. The van der Waals surface area contributed by atoms with Crippen LogP contribution in [0.5, 0.6) is 0 Å². The Labute approximate surface area is 362 Å². The van der Waals surface area contributed by atoms with E-state index in [2.05, 4.69) is 24.4 Å². The van der Waals surface area contributed by atoms with Gasteiger partial charge in [0.2, 0.25) is 11.9 Å². The summed E-state index contributed by atoms with van der Waals surface area (Å²) in [6.07, 6.45) is 30.0. The van der Waals surface area contributed by atoms with Crippen molar-refractivity contribution in [1.82, 2.24) is 15.1 Å². The van der Waals surface area contributed by atoms with Gasteiger partial charge < -0.3 is 51.0 Å². The number of ether oxygens (including phenoxy) is 3. The van der Waals surface area contributed by atoms with Crippen molar-refractivity contribution < 1.29 is 34.0 Å². The molecule has 344 valence electrons. The molecule has 1 unspecified atom stereocenters. The first kappa shape index (κ1) is 48.7. The van der Waals surface area contributed by atoms with E-state index in [4.69, 9.17) is 30.7 Å². The van der Waals surface area contributed by atoms with Crippen LogP contribution in [0.2, 0.25) is 0 Å². The zero-order valence-electron chi connectivity index (χ0n) is 37.6. The molecule has 0 saturated carbocycles. The fraction of sp³-hybridized carbons (Fsp3) is 0.894. The highest BCUT2D eigenvalue weighted by molar-refractivity contribution is 5.87. The molecule has 13 nitrogen and oxygen atoms in total. The first-order valence-electron chi connectivity index (χ1n) is 24.5. The molecular formula is C47H84N6O7. The van der Waals surface area contributed by atoms with E-state index >= 15 is 0 Å². The second-order valence-electron chi connectivity index (χ2n) is 18.8. The molecule has 0 radical (unpaired) electrons. The lowest BCUT2D eigenvalue weighted by atomic mass is 9.78. The molecule has 5 aliphatic heterocycles. The van der Waals surface area contributed by atoms with E-state index in [0.717, 1.165) is 83.5 Å². The number of guanidine groups is 1. The third-order valence-corrected chi connectivity index (χ3v) is 13.8. The highest BCUT2D eigenvalue weighted by atomic mass is 16.6. The van der Waals surface area contributed by atoms with E-state index in [0.29, 0.717) is 64.4 Å². The molecule has 0 aromatic rings. The standard InChI is InChI=1S/C47H84N6O7/c1-3-40-24-18-19-28-45(60-40)35-38-26-30-47(57)42(46(29-21-23-37(2)59-46)51-44(50-45)53(38)47)43(56)58-34-20-16-14-12-10-8-6-4-5-7-9-11-13-15-17-25-41(55)52(33-22-31-48)36-39(54)27-32-49/h18,24,37-40,42,54,57H,3-17,19-23,25-36,48-49H2,1-2H3,(H,50,51)/t37-,38+,39?,40+,42-,45+,46+,47+/m1/s1. The van der Waals surface area contributed by atoms with Gasteiger partial charge in [-0.3, -0.25) is 9.59 Å². The maximum Gasteiger partial charge on any atom is 0.318 e. The molecule has 7 N–H and O–H groups in total. The van der Waals surface area contributed by atoms with Crippen LogP contribution in [0.25, 0.3) is 0 Å². The van der Waals surface area contributed by atoms with Crippen LogP contribution in [-0.4, -0.2) is 112 Å². The topological polar surface area (TPSA) is 185 Å². The summed E-state index contributed by atoms with van der Waals surface area (Å²) in [5.74, 6) is -0.568. The zero-order chi connectivity index (χ0) is 42.9. The van der Waals surface area contributed by atoms with Crippen LogP contribution in [-0.2, 0) is 23.8 Å². The number of esters is 1. The Kier molecular flexibility index (Phi) is 19.9. The van der Waals surface area contributed by atoms with Crippen LogP contribution < -0.4 is 16.8 Å². The lowest BCUT2D eigenvalue weighted by Crippen LogP contribution is -2.75. The fourth-order valence-electron chi connectivity index (χ4n) is 10.6. The van der Waals surface area contributed by atoms with Crippen molar-refractivity contribution in [2.75, 3.05) is 32.8 Å². The summed E-state index contributed by atoms with van der Waals surface area (Å²) in [5.41, 5.74) is 8.04. The number of allylic oxidation sites excluding steroid dienone is 1. The van der Waals surface area contributed by atoms with Gasteiger partial charge in [-0.15, -0.1) is 0 Å². The summed E-state index contributed by atoms with van der Waals surface area (Å²) in [5, 5.41) is 26.3. The summed E-state index contributed by atoms with van der Waals surface area (Å²) in [4.78, 5) is 35.8. The van der Waals surface area contributed by atoms with Crippen LogP contribution in [0.3, 0.4) is 0 Å². The largest absolute Gasteiger partial charge is 0.465 e. The van der Waals surface area contributed by atoms with E-state index in [1.165, 1.54) is 64.2 Å². The average Bonchev–Trinajstić information content (AvgIpc) is 3.42. The molecular weight excluding hydrogens is 761 g/mol. The highest BCUT2D eigenvalue weighted by Crippen LogP contribution is 2.54. The van der Waals surface area contributed by atoms with Gasteiger partial charge in [0.25, 0.3) is 0 Å². The number of carbonyl (C=O) groups excluding carboxylic acids is 2. The molecule has 8 atom stereocenters. The third-order valence-electron chi connectivity index (χ3n) is 13.8. The van der Waals surface area contributed by atoms with E-state index in [9.17, 15) is 19.8 Å². The van der Waals surface area contributed by atoms with Crippen LogP contribution in [0.4, 0.5) is 0 Å². The number of aliphatic hydroxyl groups is 2. The smallest absolute Gasteiger partial charge is 0.318 e. The Morgan fingerprint density at radius 1 is 0.933 bits per heavy atom. The number of rotatable bonds is 27. The normalized spacial score (nSPS) is 30.2. The number of amides is 1. The summed E-state index contributed by atoms with van der Waals surface area (Å²) in [7, 11) is 0. The molecule has 0 aliphatic carbocycles. The molecule has 0 aromatic carbocycles. The number of nitrogens with zero attached hydrogens (tertiary/aromatic N) is 3. The minimum absolute atomic E-state index is 0.0183.